The van der Waals surface area contributed by atoms with E-state index in [0.29, 0.717) is 0 Å². The van der Waals surface area contributed by atoms with Gasteiger partial charge in [-0.15, -0.1) is 0 Å². The number of nitrogens with one attached hydrogen (secondary N) is 1. The smallest absolute Gasteiger partial charge is 0.435 e. The number of hydrogen-bond acceptors (Lipinski definition) is 6. The van der Waals surface area contributed by atoms with Crippen molar-refractivity contribution >= 4 is 23.7 Å². The number of hydroxylamine groups is 2. The molecule has 21 heavy (non-hydrogen) atoms. The highest BCUT2D eigenvalue weighted by atomic mass is 16.6. The number of amides is 2. The predicted molar refractivity (Wildman–Crippen MR) is 70.7 cm³/mol. The molecule has 9 nitrogen and oxygen atoms in total. The van der Waals surface area contributed by atoms with E-state index in [1.165, 1.54) is 6.92 Å². The number of carboxylic acids is 1. The molecule has 1 aliphatic rings. The lowest BCUT2D eigenvalue weighted by molar-refractivity contribution is -0.161. The average Bonchev–Trinajstić information content (AvgIpc) is 2.61. The quantitative estimate of drug-likeness (QED) is 0.518. The summed E-state index contributed by atoms with van der Waals surface area (Å²) in [6.07, 6.45) is -1.90. The van der Waals surface area contributed by atoms with Crippen LogP contribution in [0.4, 0.5) is 4.79 Å². The number of hydrogen-bond donors (Lipinski definition) is 3. The molecule has 3 N–H and O–H groups in total. The van der Waals surface area contributed by atoms with E-state index in [2.05, 4.69) is 10.5 Å². The van der Waals surface area contributed by atoms with E-state index in [4.69, 9.17) is 9.84 Å². The van der Waals surface area contributed by atoms with Gasteiger partial charge in [0.05, 0.1) is 5.71 Å². The van der Waals surface area contributed by atoms with Gasteiger partial charge in [-0.25, -0.2) is 10.2 Å². The molecule has 118 valence electrons. The molecule has 2 amide bonds. The minimum Gasteiger partial charge on any atom is -0.481 e. The first-order valence-electron chi connectivity index (χ1n) is 6.30. The first-order chi connectivity index (χ1) is 9.50. The summed E-state index contributed by atoms with van der Waals surface area (Å²) in [7, 11) is 0. The van der Waals surface area contributed by atoms with Gasteiger partial charge in [0.25, 0.3) is 5.91 Å². The molecular formula is C12H19N3O6. The lowest BCUT2D eigenvalue weighted by atomic mass is 9.88. The van der Waals surface area contributed by atoms with Gasteiger partial charge in [-0.3, -0.25) is 14.8 Å². The van der Waals surface area contributed by atoms with E-state index in [1.807, 2.05) is 0 Å². The second-order valence-electron chi connectivity index (χ2n) is 5.68. The summed E-state index contributed by atoms with van der Waals surface area (Å²) < 4.78 is 4.99. The first kappa shape index (κ1) is 16.9. The van der Waals surface area contributed by atoms with Gasteiger partial charge < -0.3 is 9.84 Å². The van der Waals surface area contributed by atoms with Crippen molar-refractivity contribution in [1.29, 1.82) is 0 Å². The molecule has 1 heterocycles. The normalized spacial score (nSPS) is 21.6. The largest absolute Gasteiger partial charge is 0.481 e. The molecule has 0 aliphatic carbocycles. The molecule has 1 unspecified atom stereocenters. The molecule has 0 saturated carbocycles. The molecule has 0 bridgehead atoms. The fourth-order valence-electron chi connectivity index (χ4n) is 1.88. The Morgan fingerprint density at radius 3 is 2.38 bits per heavy atom. The zero-order valence-electron chi connectivity index (χ0n) is 12.3. The topological polar surface area (TPSA) is 129 Å². The Morgan fingerprint density at radius 2 is 2.00 bits per heavy atom. The fourth-order valence-corrected chi connectivity index (χ4v) is 1.88. The highest BCUT2D eigenvalue weighted by Crippen LogP contribution is 2.28. The van der Waals surface area contributed by atoms with Gasteiger partial charge in [0.2, 0.25) is 0 Å². The number of rotatable bonds is 4. The van der Waals surface area contributed by atoms with Gasteiger partial charge in [-0.2, -0.15) is 10.2 Å². The maximum atomic E-state index is 12.0. The van der Waals surface area contributed by atoms with Gasteiger partial charge in [0, 0.05) is 6.42 Å². The Balaban J connectivity index is 3.07. The fraction of sp³-hybridized carbons (Fsp3) is 0.667. The van der Waals surface area contributed by atoms with Crippen LogP contribution in [0, 0.1) is 0 Å². The van der Waals surface area contributed by atoms with E-state index in [1.54, 1.807) is 20.8 Å². The van der Waals surface area contributed by atoms with Crippen molar-refractivity contribution in [2.45, 2.75) is 51.7 Å². The Hall–Kier alpha value is -2.16. The van der Waals surface area contributed by atoms with Crippen molar-refractivity contribution in [3.05, 3.63) is 0 Å². The second-order valence-corrected chi connectivity index (χ2v) is 5.68. The number of nitrogens with zero attached hydrogens (tertiary/aromatic N) is 2. The predicted octanol–water partition coefficient (Wildman–Crippen LogP) is 0.722. The maximum absolute atomic E-state index is 12.0. The zero-order valence-corrected chi connectivity index (χ0v) is 12.3. The third kappa shape index (κ3) is 3.48. The molecule has 0 saturated heterocycles. The zero-order chi connectivity index (χ0) is 16.4. The van der Waals surface area contributed by atoms with E-state index in [-0.39, 0.29) is 17.2 Å². The molecule has 0 aromatic heterocycles. The summed E-state index contributed by atoms with van der Waals surface area (Å²) >= 11 is 0. The summed E-state index contributed by atoms with van der Waals surface area (Å²) in [6.45, 7) is 6.20. The minimum atomic E-state index is -1.87. The van der Waals surface area contributed by atoms with Crippen LogP contribution < -0.4 is 5.43 Å². The minimum absolute atomic E-state index is 0.0853. The van der Waals surface area contributed by atoms with Crippen LogP contribution in [0.5, 0.6) is 0 Å². The number of carbonyl (C=O) groups is 3. The van der Waals surface area contributed by atoms with Gasteiger partial charge in [0.1, 0.15) is 5.60 Å². The number of carboxylic acid groups (broad SMARTS) is 1. The van der Waals surface area contributed by atoms with Crippen molar-refractivity contribution < 1.29 is 29.4 Å². The molecule has 0 fully saturated rings. The first-order valence-corrected chi connectivity index (χ1v) is 6.30. The van der Waals surface area contributed by atoms with E-state index >= 15 is 0 Å². The van der Waals surface area contributed by atoms with Crippen molar-refractivity contribution in [1.82, 2.24) is 10.5 Å². The monoisotopic (exact) mass is 301 g/mol. The lowest BCUT2D eigenvalue weighted by Crippen LogP contribution is -2.60. The van der Waals surface area contributed by atoms with Crippen LogP contribution in [-0.2, 0) is 14.3 Å². The molecule has 1 atom stereocenters. The molecule has 0 radical (unpaired) electrons. The summed E-state index contributed by atoms with van der Waals surface area (Å²) in [5.74, 6) is -1.95. The van der Waals surface area contributed by atoms with Crippen molar-refractivity contribution in [2.75, 3.05) is 0 Å². The number of ether oxygens (including phenoxy) is 1. The van der Waals surface area contributed by atoms with Crippen LogP contribution in [0.25, 0.3) is 0 Å². The van der Waals surface area contributed by atoms with E-state index in [0.717, 1.165) is 0 Å². The molecule has 9 heteroatoms. The van der Waals surface area contributed by atoms with Crippen LogP contribution in [0.1, 0.15) is 40.5 Å². The Labute approximate surface area is 121 Å². The lowest BCUT2D eigenvalue weighted by Gasteiger charge is -2.34. The summed E-state index contributed by atoms with van der Waals surface area (Å²) in [4.78, 5) is 34.7. The molecule has 0 aromatic carbocycles. The third-order valence-corrected chi connectivity index (χ3v) is 2.93. The summed E-state index contributed by atoms with van der Waals surface area (Å²) in [6, 6.07) is 0. The van der Waals surface area contributed by atoms with Gasteiger partial charge in [-0.05, 0) is 34.1 Å². The number of aliphatic carboxylic acids is 1. The second kappa shape index (κ2) is 5.68. The van der Waals surface area contributed by atoms with Crippen LogP contribution >= 0.6 is 0 Å². The van der Waals surface area contributed by atoms with Gasteiger partial charge in [-0.1, -0.05) is 0 Å². The highest BCUT2D eigenvalue weighted by Gasteiger charge is 2.53. The molecule has 0 spiro atoms. The SMILES string of the molecule is CC1=NNC(=O)C1(CCC(=O)O)N(O)C(=O)OC(C)(C)C. The van der Waals surface area contributed by atoms with Gasteiger partial charge >= 0.3 is 12.1 Å². The Morgan fingerprint density at radius 1 is 1.43 bits per heavy atom. The molecule has 0 aromatic rings. The third-order valence-electron chi connectivity index (χ3n) is 2.93. The number of hydrazone groups is 1. The molecule has 1 rings (SSSR count). The standard InChI is InChI=1S/C12H19N3O6/c1-7-12(6-5-8(16)17,9(18)14-13-7)15(20)10(19)21-11(2,3)4/h20H,5-6H2,1-4H3,(H,14,18)(H,16,17). The summed E-state index contributed by atoms with van der Waals surface area (Å²) in [5, 5.41) is 22.7. The van der Waals surface area contributed by atoms with Crippen molar-refractivity contribution in [3.8, 4) is 0 Å². The van der Waals surface area contributed by atoms with Crippen LogP contribution in [0.3, 0.4) is 0 Å². The number of carbonyl (C=O) groups excluding carboxylic acids is 2. The van der Waals surface area contributed by atoms with Crippen molar-refractivity contribution in [2.24, 2.45) is 5.10 Å². The average molecular weight is 301 g/mol. The highest BCUT2D eigenvalue weighted by molar-refractivity contribution is 6.17. The van der Waals surface area contributed by atoms with Crippen LogP contribution in [0.15, 0.2) is 5.10 Å². The molecular weight excluding hydrogens is 282 g/mol. The molecule has 1 aliphatic heterocycles. The van der Waals surface area contributed by atoms with E-state index < -0.39 is 35.5 Å². The maximum Gasteiger partial charge on any atom is 0.435 e. The Kier molecular flexibility index (Phi) is 4.57. The summed E-state index contributed by atoms with van der Waals surface area (Å²) in [5.41, 5.74) is -0.543. The van der Waals surface area contributed by atoms with Crippen LogP contribution in [-0.4, -0.2) is 50.2 Å². The van der Waals surface area contributed by atoms with Gasteiger partial charge in [0.15, 0.2) is 5.54 Å². The Bertz CT molecular complexity index is 496. The van der Waals surface area contributed by atoms with Crippen LogP contribution in [0.2, 0.25) is 0 Å². The van der Waals surface area contributed by atoms with E-state index in [9.17, 15) is 19.6 Å². The van der Waals surface area contributed by atoms with Crippen molar-refractivity contribution in [3.63, 3.8) is 0 Å².